The van der Waals surface area contributed by atoms with Gasteiger partial charge in [0.05, 0.1) is 0 Å². The summed E-state index contributed by atoms with van der Waals surface area (Å²) >= 11 is 0. The number of hydrogen-bond acceptors (Lipinski definition) is 2. The Bertz CT molecular complexity index is 744. The molecular weight excluding hydrogens is 326 g/mol. The third-order valence-corrected chi connectivity index (χ3v) is 3.98. The Hall–Kier alpha value is -2.82. The molecule has 0 unspecified atom stereocenters. The highest BCUT2D eigenvalue weighted by molar-refractivity contribution is 5.89. The van der Waals surface area contributed by atoms with E-state index in [1.54, 1.807) is 0 Å². The molecule has 0 radical (unpaired) electrons. The van der Waals surface area contributed by atoms with Gasteiger partial charge in [0, 0.05) is 24.8 Å². The van der Waals surface area contributed by atoms with Gasteiger partial charge in [0.25, 0.3) is 0 Å². The lowest BCUT2D eigenvalue weighted by atomic mass is 9.87. The quantitative estimate of drug-likeness (QED) is 0.750. The summed E-state index contributed by atoms with van der Waals surface area (Å²) in [6.07, 6.45) is 0.719. The van der Waals surface area contributed by atoms with E-state index in [-0.39, 0.29) is 17.4 Å². The standard InChI is InChI=1S/C21H27N3O2/c1-15(25)23-18-9-5-16(6-10-18)13-14-22-20(26)24-19-11-7-17(8-12-19)21(2,3)4/h5-12H,13-14H2,1-4H3,(H,23,25)(H2,22,24,26). The third-order valence-electron chi connectivity index (χ3n) is 3.98. The van der Waals surface area contributed by atoms with Crippen LogP contribution >= 0.6 is 0 Å². The average molecular weight is 353 g/mol. The monoisotopic (exact) mass is 353 g/mol. The summed E-state index contributed by atoms with van der Waals surface area (Å²) in [4.78, 5) is 23.0. The van der Waals surface area contributed by atoms with E-state index >= 15 is 0 Å². The molecule has 0 aromatic heterocycles. The second-order valence-electron chi connectivity index (χ2n) is 7.34. The Morgan fingerprint density at radius 2 is 1.38 bits per heavy atom. The van der Waals surface area contributed by atoms with Crippen molar-refractivity contribution in [2.45, 2.75) is 39.5 Å². The van der Waals surface area contributed by atoms with Crippen molar-refractivity contribution in [2.75, 3.05) is 17.2 Å². The maximum atomic E-state index is 12.0. The summed E-state index contributed by atoms with van der Waals surface area (Å²) < 4.78 is 0. The first-order valence-corrected chi connectivity index (χ1v) is 8.76. The minimum absolute atomic E-state index is 0.0911. The molecule has 5 nitrogen and oxygen atoms in total. The molecule has 2 rings (SSSR count). The molecule has 138 valence electrons. The molecule has 0 aliphatic rings. The summed E-state index contributed by atoms with van der Waals surface area (Å²) in [6, 6.07) is 15.3. The van der Waals surface area contributed by atoms with Crippen molar-refractivity contribution in [3.8, 4) is 0 Å². The van der Waals surface area contributed by atoms with Crippen LogP contribution < -0.4 is 16.0 Å². The Morgan fingerprint density at radius 3 is 1.92 bits per heavy atom. The van der Waals surface area contributed by atoms with Crippen molar-refractivity contribution >= 4 is 23.3 Å². The molecule has 5 heteroatoms. The van der Waals surface area contributed by atoms with E-state index in [4.69, 9.17) is 0 Å². The van der Waals surface area contributed by atoms with Crippen LogP contribution in [0.15, 0.2) is 48.5 Å². The number of urea groups is 1. The van der Waals surface area contributed by atoms with Crippen LogP contribution in [0.25, 0.3) is 0 Å². The highest BCUT2D eigenvalue weighted by Gasteiger charge is 2.13. The van der Waals surface area contributed by atoms with Gasteiger partial charge >= 0.3 is 6.03 Å². The van der Waals surface area contributed by atoms with E-state index in [2.05, 4.69) is 36.7 Å². The minimum Gasteiger partial charge on any atom is -0.338 e. The molecule has 26 heavy (non-hydrogen) atoms. The number of hydrogen-bond donors (Lipinski definition) is 3. The first-order chi connectivity index (χ1) is 12.2. The second kappa shape index (κ2) is 8.52. The van der Waals surface area contributed by atoms with Gasteiger partial charge in [-0.15, -0.1) is 0 Å². The number of carbonyl (C=O) groups excluding carboxylic acids is 2. The number of anilines is 2. The molecule has 0 bridgehead atoms. The van der Waals surface area contributed by atoms with Gasteiger partial charge < -0.3 is 16.0 Å². The molecule has 0 atom stereocenters. The Balaban J connectivity index is 1.77. The van der Waals surface area contributed by atoms with Crippen molar-refractivity contribution < 1.29 is 9.59 Å². The number of benzene rings is 2. The Kier molecular flexibility index (Phi) is 6.39. The van der Waals surface area contributed by atoms with Gasteiger partial charge in [0.15, 0.2) is 0 Å². The van der Waals surface area contributed by atoms with Crippen molar-refractivity contribution in [3.63, 3.8) is 0 Å². The lowest BCUT2D eigenvalue weighted by molar-refractivity contribution is -0.114. The summed E-state index contributed by atoms with van der Waals surface area (Å²) in [5.74, 6) is -0.0911. The number of carbonyl (C=O) groups is 2. The van der Waals surface area contributed by atoms with Gasteiger partial charge in [0.2, 0.25) is 5.91 Å². The van der Waals surface area contributed by atoms with Crippen molar-refractivity contribution in [3.05, 3.63) is 59.7 Å². The zero-order valence-electron chi connectivity index (χ0n) is 15.8. The minimum atomic E-state index is -0.219. The summed E-state index contributed by atoms with van der Waals surface area (Å²) in [5, 5.41) is 8.42. The fourth-order valence-corrected chi connectivity index (χ4v) is 2.51. The molecule has 3 amide bonds. The predicted molar refractivity (Wildman–Crippen MR) is 107 cm³/mol. The Morgan fingerprint density at radius 1 is 0.846 bits per heavy atom. The van der Waals surface area contributed by atoms with E-state index < -0.39 is 0 Å². The normalized spacial score (nSPS) is 10.9. The zero-order chi connectivity index (χ0) is 19.2. The molecule has 0 aliphatic carbocycles. The van der Waals surface area contributed by atoms with Gasteiger partial charge in [-0.05, 0) is 47.2 Å². The second-order valence-corrected chi connectivity index (χ2v) is 7.34. The number of nitrogens with one attached hydrogen (secondary N) is 3. The molecule has 3 N–H and O–H groups in total. The van der Waals surface area contributed by atoms with Gasteiger partial charge in [-0.2, -0.15) is 0 Å². The summed E-state index contributed by atoms with van der Waals surface area (Å²) in [7, 11) is 0. The van der Waals surface area contributed by atoms with Crippen LogP contribution in [0.4, 0.5) is 16.2 Å². The highest BCUT2D eigenvalue weighted by Crippen LogP contribution is 2.23. The lowest BCUT2D eigenvalue weighted by Gasteiger charge is -2.19. The zero-order valence-corrected chi connectivity index (χ0v) is 15.8. The van der Waals surface area contributed by atoms with Crippen LogP contribution in [-0.4, -0.2) is 18.5 Å². The molecule has 0 saturated carbocycles. The first-order valence-electron chi connectivity index (χ1n) is 8.76. The molecule has 0 fully saturated rings. The van der Waals surface area contributed by atoms with Gasteiger partial charge in [0.1, 0.15) is 0 Å². The third kappa shape index (κ3) is 6.24. The maximum absolute atomic E-state index is 12.0. The van der Waals surface area contributed by atoms with E-state index in [0.717, 1.165) is 23.4 Å². The molecule has 2 aromatic rings. The maximum Gasteiger partial charge on any atom is 0.319 e. The first kappa shape index (κ1) is 19.5. The van der Waals surface area contributed by atoms with E-state index in [1.807, 2.05) is 48.5 Å². The Labute approximate surface area is 155 Å². The summed E-state index contributed by atoms with van der Waals surface area (Å²) in [6.45, 7) is 8.49. The highest BCUT2D eigenvalue weighted by atomic mass is 16.2. The van der Waals surface area contributed by atoms with Gasteiger partial charge in [-0.25, -0.2) is 4.79 Å². The topological polar surface area (TPSA) is 70.2 Å². The van der Waals surface area contributed by atoms with Crippen LogP contribution in [0.2, 0.25) is 0 Å². The van der Waals surface area contributed by atoms with Crippen LogP contribution in [0.3, 0.4) is 0 Å². The average Bonchev–Trinajstić information content (AvgIpc) is 2.55. The lowest BCUT2D eigenvalue weighted by Crippen LogP contribution is -2.30. The van der Waals surface area contributed by atoms with Crippen molar-refractivity contribution in [1.82, 2.24) is 5.32 Å². The molecule has 0 heterocycles. The molecule has 0 saturated heterocycles. The van der Waals surface area contributed by atoms with E-state index in [0.29, 0.717) is 6.54 Å². The largest absolute Gasteiger partial charge is 0.338 e. The van der Waals surface area contributed by atoms with Crippen LogP contribution in [0, 0.1) is 0 Å². The fourth-order valence-electron chi connectivity index (χ4n) is 2.51. The van der Waals surface area contributed by atoms with E-state index in [1.165, 1.54) is 12.5 Å². The summed E-state index contributed by atoms with van der Waals surface area (Å²) in [5.41, 5.74) is 3.96. The van der Waals surface area contributed by atoms with Gasteiger partial charge in [-0.3, -0.25) is 4.79 Å². The van der Waals surface area contributed by atoms with Crippen molar-refractivity contribution in [2.24, 2.45) is 0 Å². The van der Waals surface area contributed by atoms with Crippen LogP contribution in [-0.2, 0) is 16.6 Å². The SMILES string of the molecule is CC(=O)Nc1ccc(CCNC(=O)Nc2ccc(C(C)(C)C)cc2)cc1. The number of rotatable bonds is 5. The van der Waals surface area contributed by atoms with Crippen molar-refractivity contribution in [1.29, 1.82) is 0 Å². The predicted octanol–water partition coefficient (Wildman–Crippen LogP) is 4.31. The number of amides is 3. The van der Waals surface area contributed by atoms with Crippen LogP contribution in [0.1, 0.15) is 38.8 Å². The fraction of sp³-hybridized carbons (Fsp3) is 0.333. The molecular formula is C21H27N3O2. The molecule has 2 aromatic carbocycles. The molecule has 0 spiro atoms. The molecule has 0 aliphatic heterocycles. The van der Waals surface area contributed by atoms with E-state index in [9.17, 15) is 9.59 Å². The van der Waals surface area contributed by atoms with Crippen LogP contribution in [0.5, 0.6) is 0 Å². The smallest absolute Gasteiger partial charge is 0.319 e. The van der Waals surface area contributed by atoms with Gasteiger partial charge in [-0.1, -0.05) is 45.0 Å².